The van der Waals surface area contributed by atoms with Gasteiger partial charge in [-0.15, -0.1) is 0 Å². The fourth-order valence-electron chi connectivity index (χ4n) is 1.75. The molecule has 89 valence electrons. The van der Waals surface area contributed by atoms with Gasteiger partial charge < -0.3 is 4.74 Å². The van der Waals surface area contributed by atoms with Crippen molar-refractivity contribution in [3.8, 4) is 11.5 Å². The molecule has 0 aliphatic carbocycles. The van der Waals surface area contributed by atoms with Gasteiger partial charge in [-0.1, -0.05) is 6.92 Å². The van der Waals surface area contributed by atoms with Crippen molar-refractivity contribution in [3.63, 3.8) is 0 Å². The molecule has 1 aromatic heterocycles. The second-order valence-corrected chi connectivity index (χ2v) is 4.31. The Morgan fingerprint density at radius 1 is 1.29 bits per heavy atom. The molecule has 1 heterocycles. The van der Waals surface area contributed by atoms with Crippen LogP contribution in [0.15, 0.2) is 24.3 Å². The van der Waals surface area contributed by atoms with Crippen molar-refractivity contribution in [2.75, 3.05) is 0 Å². The molecule has 2 aromatic rings. The second-order valence-electron chi connectivity index (χ2n) is 4.31. The van der Waals surface area contributed by atoms with Crippen LogP contribution >= 0.6 is 0 Å². The molecule has 3 heteroatoms. The van der Waals surface area contributed by atoms with Crippen LogP contribution in [-0.4, -0.2) is 11.1 Å². The van der Waals surface area contributed by atoms with Crippen LogP contribution in [-0.2, 0) is 11.5 Å². The monoisotopic (exact) mass is 230 g/mol. The first-order valence-electron chi connectivity index (χ1n) is 5.87. The third kappa shape index (κ3) is 2.49. The molecule has 1 aromatic carbocycles. The van der Waals surface area contributed by atoms with E-state index in [2.05, 4.69) is 4.98 Å². The Morgan fingerprint density at radius 3 is 2.71 bits per heavy atom. The van der Waals surface area contributed by atoms with Gasteiger partial charge in [0.25, 0.3) is 0 Å². The standard InChI is InChI=1S/C14H16NO2/c1-4-10-7-14(16)12-8-11(17-9(2)3)5-6-13(12)15-10/h5-9H,4H2,1-3H3. The topological polar surface area (TPSA) is 42.0 Å². The predicted octanol–water partition coefficient (Wildman–Crippen LogP) is 3.73. The number of aromatic nitrogens is 1. The number of hydrogen-bond donors (Lipinski definition) is 0. The minimum absolute atomic E-state index is 0.0149. The molecular formula is C14H16NO2. The lowest BCUT2D eigenvalue weighted by molar-refractivity contribution is 0.242. The smallest absolute Gasteiger partial charge is 0.189 e. The first-order chi connectivity index (χ1) is 8.10. The summed E-state index contributed by atoms with van der Waals surface area (Å²) in [6.07, 6.45) is 0.875. The number of rotatable bonds is 3. The molecule has 0 saturated heterocycles. The molecule has 17 heavy (non-hydrogen) atoms. The van der Waals surface area contributed by atoms with E-state index in [1.165, 1.54) is 0 Å². The van der Waals surface area contributed by atoms with Gasteiger partial charge >= 0.3 is 0 Å². The van der Waals surface area contributed by atoms with Gasteiger partial charge in [-0.05, 0) is 38.5 Å². The molecule has 0 spiro atoms. The summed E-state index contributed by atoms with van der Waals surface area (Å²) >= 11 is 0. The Morgan fingerprint density at radius 2 is 2.06 bits per heavy atom. The summed E-state index contributed by atoms with van der Waals surface area (Å²) in [4.78, 5) is 4.42. The average molecular weight is 230 g/mol. The normalized spacial score (nSPS) is 11.1. The molecule has 0 unspecified atom stereocenters. The number of benzene rings is 1. The highest BCUT2D eigenvalue weighted by Gasteiger charge is 2.07. The van der Waals surface area contributed by atoms with Gasteiger partial charge in [-0.25, -0.2) is 0 Å². The lowest BCUT2D eigenvalue weighted by atomic mass is 10.1. The number of fused-ring (bicyclic) bond motifs is 1. The number of nitrogens with zero attached hydrogens (tertiary/aromatic N) is 1. The quantitative estimate of drug-likeness (QED) is 0.806. The molecule has 0 aliphatic heterocycles. The van der Waals surface area contributed by atoms with Crippen LogP contribution in [0.1, 0.15) is 26.5 Å². The van der Waals surface area contributed by atoms with Crippen LogP contribution in [0.3, 0.4) is 0 Å². The third-order valence-electron chi connectivity index (χ3n) is 2.53. The van der Waals surface area contributed by atoms with Crippen LogP contribution in [0.5, 0.6) is 11.5 Å². The van der Waals surface area contributed by atoms with Gasteiger partial charge in [0.2, 0.25) is 0 Å². The fourth-order valence-corrected chi connectivity index (χ4v) is 1.75. The van der Waals surface area contributed by atoms with Gasteiger partial charge in [0, 0.05) is 11.8 Å². The molecule has 3 nitrogen and oxygen atoms in total. The largest absolute Gasteiger partial charge is 0.491 e. The van der Waals surface area contributed by atoms with E-state index in [-0.39, 0.29) is 11.9 Å². The van der Waals surface area contributed by atoms with E-state index < -0.39 is 0 Å². The molecule has 0 saturated carbocycles. The molecule has 1 radical (unpaired) electrons. The zero-order valence-electron chi connectivity index (χ0n) is 10.4. The van der Waals surface area contributed by atoms with Crippen molar-refractivity contribution in [3.05, 3.63) is 30.0 Å². The maximum atomic E-state index is 11.9. The lowest BCUT2D eigenvalue weighted by Gasteiger charge is -2.10. The molecule has 0 amide bonds. The molecule has 0 fully saturated rings. The van der Waals surface area contributed by atoms with E-state index in [1.54, 1.807) is 12.1 Å². The maximum absolute atomic E-state index is 11.9. The number of pyridine rings is 1. The van der Waals surface area contributed by atoms with Crippen LogP contribution in [0.25, 0.3) is 10.9 Å². The summed E-state index contributed by atoms with van der Waals surface area (Å²) in [6, 6.07) is 7.06. The Labute approximate surface area is 101 Å². The van der Waals surface area contributed by atoms with Crippen LogP contribution in [0, 0.1) is 0 Å². The van der Waals surface area contributed by atoms with E-state index in [0.29, 0.717) is 5.39 Å². The third-order valence-corrected chi connectivity index (χ3v) is 2.53. The van der Waals surface area contributed by atoms with E-state index in [4.69, 9.17) is 4.74 Å². The Hall–Kier alpha value is -1.77. The SMILES string of the molecule is CCc1cc([O])c2cc(OC(C)C)ccc2n1. The van der Waals surface area contributed by atoms with E-state index in [1.807, 2.05) is 32.9 Å². The summed E-state index contributed by atoms with van der Waals surface area (Å²) in [6.45, 7) is 5.91. The van der Waals surface area contributed by atoms with Gasteiger partial charge in [0.05, 0.1) is 17.0 Å². The van der Waals surface area contributed by atoms with Gasteiger partial charge in [-0.2, -0.15) is 0 Å². The Balaban J connectivity index is 2.50. The van der Waals surface area contributed by atoms with E-state index in [9.17, 15) is 5.11 Å². The Bertz CT molecular complexity index is 535. The summed E-state index contributed by atoms with van der Waals surface area (Å²) in [7, 11) is 0. The van der Waals surface area contributed by atoms with Crippen molar-refractivity contribution in [1.29, 1.82) is 0 Å². The van der Waals surface area contributed by atoms with Crippen LogP contribution < -0.4 is 4.74 Å². The number of hydrogen-bond acceptors (Lipinski definition) is 2. The van der Waals surface area contributed by atoms with Gasteiger partial charge in [0.1, 0.15) is 5.75 Å². The minimum Gasteiger partial charge on any atom is -0.491 e. The minimum atomic E-state index is 0.0149. The second kappa shape index (κ2) is 4.62. The lowest BCUT2D eigenvalue weighted by Crippen LogP contribution is -2.05. The van der Waals surface area contributed by atoms with Crippen molar-refractivity contribution >= 4 is 10.9 Å². The fraction of sp³-hybridized carbons (Fsp3) is 0.357. The highest BCUT2D eigenvalue weighted by atomic mass is 16.5. The first kappa shape index (κ1) is 11.7. The van der Waals surface area contributed by atoms with Crippen molar-refractivity contribution in [2.45, 2.75) is 33.3 Å². The van der Waals surface area contributed by atoms with Crippen molar-refractivity contribution in [2.24, 2.45) is 0 Å². The molecule has 2 rings (SSSR count). The summed E-state index contributed by atoms with van der Waals surface area (Å²) < 4.78 is 5.57. The maximum Gasteiger partial charge on any atom is 0.189 e. The highest BCUT2D eigenvalue weighted by molar-refractivity contribution is 5.86. The molecular weight excluding hydrogens is 214 g/mol. The van der Waals surface area contributed by atoms with Crippen molar-refractivity contribution < 1.29 is 9.84 Å². The summed E-state index contributed by atoms with van der Waals surface area (Å²) in [5, 5.41) is 12.5. The molecule has 0 aliphatic rings. The zero-order chi connectivity index (χ0) is 12.4. The molecule has 0 atom stereocenters. The first-order valence-corrected chi connectivity index (χ1v) is 5.87. The number of ether oxygens (including phenoxy) is 1. The van der Waals surface area contributed by atoms with E-state index in [0.717, 1.165) is 23.4 Å². The average Bonchev–Trinajstić information content (AvgIpc) is 2.29. The molecule has 0 bridgehead atoms. The van der Waals surface area contributed by atoms with Crippen molar-refractivity contribution in [1.82, 2.24) is 4.98 Å². The summed E-state index contributed by atoms with van der Waals surface area (Å²) in [5.74, 6) is 0.733. The van der Waals surface area contributed by atoms with Crippen LogP contribution in [0.4, 0.5) is 0 Å². The predicted molar refractivity (Wildman–Crippen MR) is 67.0 cm³/mol. The van der Waals surface area contributed by atoms with Gasteiger partial charge in [0.15, 0.2) is 5.75 Å². The van der Waals surface area contributed by atoms with Crippen LogP contribution in [0.2, 0.25) is 0 Å². The zero-order valence-corrected chi connectivity index (χ0v) is 10.4. The Kier molecular flexibility index (Phi) is 3.18. The van der Waals surface area contributed by atoms with E-state index >= 15 is 0 Å². The summed E-state index contributed by atoms with van der Waals surface area (Å²) in [5.41, 5.74) is 1.57. The number of aryl methyl sites for hydroxylation is 1. The highest BCUT2D eigenvalue weighted by Crippen LogP contribution is 2.29. The van der Waals surface area contributed by atoms with Gasteiger partial charge in [-0.3, -0.25) is 10.1 Å². The molecule has 0 N–H and O–H groups in total.